The van der Waals surface area contributed by atoms with Crippen molar-refractivity contribution in [2.24, 2.45) is 0 Å². The van der Waals surface area contributed by atoms with Crippen LogP contribution in [0.5, 0.6) is 0 Å². The van der Waals surface area contributed by atoms with Crippen LogP contribution in [0.4, 0.5) is 5.95 Å². The number of hydrogen-bond donors (Lipinski definition) is 1. The lowest BCUT2D eigenvalue weighted by Gasteiger charge is -2.31. The second-order valence-corrected chi connectivity index (χ2v) is 6.85. The summed E-state index contributed by atoms with van der Waals surface area (Å²) in [5.41, 5.74) is 2.35. The molecule has 0 fully saturated rings. The Hall–Kier alpha value is -1.92. The number of halogens is 2. The van der Waals surface area contributed by atoms with E-state index in [1.165, 1.54) is 11.1 Å². The van der Waals surface area contributed by atoms with Gasteiger partial charge in [0.1, 0.15) is 0 Å². The van der Waals surface area contributed by atoms with E-state index in [4.69, 9.17) is 11.6 Å². The summed E-state index contributed by atoms with van der Waals surface area (Å²) in [7, 11) is 0. The SMILES string of the molecule is Clc1ccc([C@H]2C[C@@H](c3ccc(Br)cc3)n3nnnc3N2)cc1. The first-order chi connectivity index (χ1) is 11.2. The molecular formula is C16H13BrClN5. The molecule has 4 rings (SSSR count). The summed E-state index contributed by atoms with van der Waals surface area (Å²) in [5.74, 6) is 0.684. The molecule has 5 nitrogen and oxygen atoms in total. The van der Waals surface area contributed by atoms with E-state index in [0.717, 1.165) is 15.9 Å². The third-order valence-electron chi connectivity index (χ3n) is 4.08. The third-order valence-corrected chi connectivity index (χ3v) is 4.86. The van der Waals surface area contributed by atoms with E-state index in [2.05, 4.69) is 48.9 Å². The Bertz CT molecular complexity index is 815. The van der Waals surface area contributed by atoms with Crippen LogP contribution in [0.3, 0.4) is 0 Å². The summed E-state index contributed by atoms with van der Waals surface area (Å²) in [5, 5.41) is 16.2. The lowest BCUT2D eigenvalue weighted by Crippen LogP contribution is -2.28. The molecule has 23 heavy (non-hydrogen) atoms. The highest BCUT2D eigenvalue weighted by Crippen LogP contribution is 2.37. The summed E-state index contributed by atoms with van der Waals surface area (Å²) >= 11 is 9.47. The average Bonchev–Trinajstić information content (AvgIpc) is 3.04. The Morgan fingerprint density at radius 2 is 1.74 bits per heavy atom. The number of rotatable bonds is 2. The highest BCUT2D eigenvalue weighted by atomic mass is 79.9. The predicted octanol–water partition coefficient (Wildman–Crippen LogP) is 4.24. The van der Waals surface area contributed by atoms with Gasteiger partial charge in [-0.25, -0.2) is 4.68 Å². The monoisotopic (exact) mass is 389 g/mol. The summed E-state index contributed by atoms with van der Waals surface area (Å²) in [6, 6.07) is 16.4. The Balaban J connectivity index is 1.71. The molecular weight excluding hydrogens is 378 g/mol. The maximum Gasteiger partial charge on any atom is 0.243 e. The van der Waals surface area contributed by atoms with Crippen LogP contribution in [-0.2, 0) is 0 Å². The van der Waals surface area contributed by atoms with Gasteiger partial charge in [-0.3, -0.25) is 0 Å². The zero-order valence-corrected chi connectivity index (χ0v) is 14.4. The van der Waals surface area contributed by atoms with Crippen LogP contribution in [-0.4, -0.2) is 20.2 Å². The zero-order chi connectivity index (χ0) is 15.8. The second kappa shape index (κ2) is 5.94. The molecule has 2 atom stereocenters. The van der Waals surface area contributed by atoms with Crippen molar-refractivity contribution in [2.75, 3.05) is 5.32 Å². The Morgan fingerprint density at radius 1 is 1.04 bits per heavy atom. The van der Waals surface area contributed by atoms with Gasteiger partial charge in [0.2, 0.25) is 5.95 Å². The molecule has 1 N–H and O–H groups in total. The van der Waals surface area contributed by atoms with Crippen LogP contribution in [0.2, 0.25) is 5.02 Å². The number of hydrogen-bond acceptors (Lipinski definition) is 4. The first-order valence-electron chi connectivity index (χ1n) is 7.26. The van der Waals surface area contributed by atoms with Gasteiger partial charge in [-0.15, -0.1) is 0 Å². The van der Waals surface area contributed by atoms with Gasteiger partial charge in [0.05, 0.1) is 12.1 Å². The minimum Gasteiger partial charge on any atom is -0.346 e. The normalized spacial score (nSPS) is 19.9. The van der Waals surface area contributed by atoms with Crippen molar-refractivity contribution in [2.45, 2.75) is 18.5 Å². The van der Waals surface area contributed by atoms with Crippen LogP contribution in [0.15, 0.2) is 53.0 Å². The molecule has 0 spiro atoms. The molecule has 0 amide bonds. The molecule has 0 unspecified atom stereocenters. The van der Waals surface area contributed by atoms with E-state index >= 15 is 0 Å². The number of benzene rings is 2. The van der Waals surface area contributed by atoms with E-state index in [0.29, 0.717) is 5.95 Å². The molecule has 0 saturated heterocycles. The van der Waals surface area contributed by atoms with Crippen molar-refractivity contribution in [1.29, 1.82) is 0 Å². The molecule has 7 heteroatoms. The van der Waals surface area contributed by atoms with E-state index in [1.54, 1.807) is 0 Å². The average molecular weight is 391 g/mol. The molecule has 0 bridgehead atoms. The molecule has 1 aliphatic heterocycles. The zero-order valence-electron chi connectivity index (χ0n) is 12.0. The van der Waals surface area contributed by atoms with Gasteiger partial charge in [-0.1, -0.05) is 56.9 Å². The third kappa shape index (κ3) is 2.84. The highest BCUT2D eigenvalue weighted by Gasteiger charge is 2.30. The van der Waals surface area contributed by atoms with E-state index in [9.17, 15) is 0 Å². The molecule has 1 aliphatic rings. The van der Waals surface area contributed by atoms with Gasteiger partial charge in [0.25, 0.3) is 0 Å². The maximum absolute atomic E-state index is 5.99. The van der Waals surface area contributed by atoms with Crippen LogP contribution >= 0.6 is 27.5 Å². The molecule has 0 saturated carbocycles. The molecule has 0 aliphatic carbocycles. The van der Waals surface area contributed by atoms with Gasteiger partial charge in [-0.05, 0) is 52.2 Å². The van der Waals surface area contributed by atoms with E-state index in [-0.39, 0.29) is 12.1 Å². The summed E-state index contributed by atoms with van der Waals surface area (Å²) in [6.45, 7) is 0. The first kappa shape index (κ1) is 14.7. The van der Waals surface area contributed by atoms with Crippen LogP contribution in [0.1, 0.15) is 29.6 Å². The smallest absolute Gasteiger partial charge is 0.243 e. The quantitative estimate of drug-likeness (QED) is 0.711. The fourth-order valence-corrected chi connectivity index (χ4v) is 3.30. The van der Waals surface area contributed by atoms with Gasteiger partial charge in [0.15, 0.2) is 0 Å². The van der Waals surface area contributed by atoms with Gasteiger partial charge < -0.3 is 5.32 Å². The summed E-state index contributed by atoms with van der Waals surface area (Å²) in [4.78, 5) is 0. The maximum atomic E-state index is 5.99. The Kier molecular flexibility index (Phi) is 3.79. The van der Waals surface area contributed by atoms with Gasteiger partial charge in [-0.2, -0.15) is 0 Å². The lowest BCUT2D eigenvalue weighted by atomic mass is 9.93. The summed E-state index contributed by atoms with van der Waals surface area (Å²) < 4.78 is 2.90. The van der Waals surface area contributed by atoms with Crippen LogP contribution in [0, 0.1) is 0 Å². The fraction of sp³-hybridized carbons (Fsp3) is 0.188. The molecule has 2 aromatic carbocycles. The largest absolute Gasteiger partial charge is 0.346 e. The lowest BCUT2D eigenvalue weighted by molar-refractivity contribution is 0.424. The topological polar surface area (TPSA) is 55.6 Å². The van der Waals surface area contributed by atoms with Crippen molar-refractivity contribution in [3.05, 3.63) is 69.2 Å². The number of fused-ring (bicyclic) bond motifs is 1. The number of aromatic nitrogens is 4. The van der Waals surface area contributed by atoms with Gasteiger partial charge >= 0.3 is 0 Å². The number of tetrazole rings is 1. The standard InChI is InChI=1S/C16H13BrClN5/c17-12-5-1-11(2-6-12)15-9-14(10-3-7-13(18)8-4-10)19-16-20-21-22-23(15)16/h1-8,14-15H,9H2,(H,19,20,22)/t14-,15+/m1/s1. The van der Waals surface area contributed by atoms with Crippen molar-refractivity contribution >= 4 is 33.5 Å². The predicted molar refractivity (Wildman–Crippen MR) is 92.5 cm³/mol. The fourth-order valence-electron chi connectivity index (χ4n) is 2.91. The number of anilines is 1. The van der Waals surface area contributed by atoms with Crippen molar-refractivity contribution in [3.8, 4) is 0 Å². The summed E-state index contributed by atoms with van der Waals surface area (Å²) in [6.07, 6.45) is 0.862. The minimum absolute atomic E-state index is 0.0926. The van der Waals surface area contributed by atoms with Gasteiger partial charge in [0, 0.05) is 9.50 Å². The highest BCUT2D eigenvalue weighted by molar-refractivity contribution is 9.10. The molecule has 0 radical (unpaired) electrons. The first-order valence-corrected chi connectivity index (χ1v) is 8.43. The van der Waals surface area contributed by atoms with Crippen molar-refractivity contribution in [1.82, 2.24) is 20.2 Å². The molecule has 2 heterocycles. The molecule has 116 valence electrons. The van der Waals surface area contributed by atoms with Crippen molar-refractivity contribution in [3.63, 3.8) is 0 Å². The second-order valence-electron chi connectivity index (χ2n) is 5.50. The van der Waals surface area contributed by atoms with E-state index in [1.807, 2.05) is 41.1 Å². The van der Waals surface area contributed by atoms with E-state index < -0.39 is 0 Å². The molecule has 3 aromatic rings. The van der Waals surface area contributed by atoms with Crippen LogP contribution in [0.25, 0.3) is 0 Å². The Labute approximate surface area is 146 Å². The van der Waals surface area contributed by atoms with Crippen LogP contribution < -0.4 is 5.32 Å². The minimum atomic E-state index is 0.0926. The number of nitrogens with one attached hydrogen (secondary N) is 1. The van der Waals surface area contributed by atoms with Crippen molar-refractivity contribution < 1.29 is 0 Å². The molecule has 1 aromatic heterocycles. The Morgan fingerprint density at radius 3 is 2.48 bits per heavy atom. The number of nitrogens with zero attached hydrogens (tertiary/aromatic N) is 4.